The molecule has 0 fully saturated rings. The fraction of sp³-hybridized carbons (Fsp3) is 0.444. The number of carbonyl (C=O) groups is 1. The van der Waals surface area contributed by atoms with Crippen LogP contribution in [0.1, 0.15) is 15.2 Å². The third kappa shape index (κ3) is 3.32. The molecule has 78 valence electrons. The minimum absolute atomic E-state index is 0.446. The molecule has 0 unspecified atom stereocenters. The number of hydrogen-bond donors (Lipinski definition) is 2. The minimum atomic E-state index is -0.832. The quantitative estimate of drug-likeness (QED) is 0.734. The van der Waals surface area contributed by atoms with E-state index in [2.05, 4.69) is 11.6 Å². The van der Waals surface area contributed by atoms with Crippen LogP contribution in [0.5, 0.6) is 0 Å². The Hall–Kier alpha value is -0.520. The van der Waals surface area contributed by atoms with E-state index < -0.39 is 5.97 Å². The Balaban J connectivity index is 2.42. The summed E-state index contributed by atoms with van der Waals surface area (Å²) in [6.07, 6.45) is 2.05. The molecule has 1 rings (SSSR count). The molecule has 2 N–H and O–H groups in total. The first kappa shape index (κ1) is 11.6. The summed E-state index contributed by atoms with van der Waals surface area (Å²) in [6.45, 7) is 1.56. The SMILES string of the molecule is CSCCNCc1ccsc1C(=O)O. The van der Waals surface area contributed by atoms with Crippen LogP contribution in [0, 0.1) is 0 Å². The van der Waals surface area contributed by atoms with Gasteiger partial charge in [-0.1, -0.05) is 0 Å². The number of aromatic carboxylic acids is 1. The van der Waals surface area contributed by atoms with E-state index in [9.17, 15) is 4.79 Å². The molecule has 0 aromatic carbocycles. The molecular weight excluding hydrogens is 218 g/mol. The second-order valence-corrected chi connectivity index (χ2v) is 4.65. The van der Waals surface area contributed by atoms with E-state index in [0.717, 1.165) is 17.9 Å². The lowest BCUT2D eigenvalue weighted by Crippen LogP contribution is -2.17. The monoisotopic (exact) mass is 231 g/mol. The van der Waals surface area contributed by atoms with Gasteiger partial charge >= 0.3 is 5.97 Å². The third-order valence-corrected chi connectivity index (χ3v) is 3.30. The maximum Gasteiger partial charge on any atom is 0.346 e. The van der Waals surface area contributed by atoms with Crippen LogP contribution in [0.3, 0.4) is 0 Å². The summed E-state index contributed by atoms with van der Waals surface area (Å²) in [5.74, 6) is 0.216. The number of nitrogens with one attached hydrogen (secondary N) is 1. The van der Waals surface area contributed by atoms with Gasteiger partial charge in [0.1, 0.15) is 4.88 Å². The molecule has 0 bridgehead atoms. The second-order valence-electron chi connectivity index (χ2n) is 2.75. The lowest BCUT2D eigenvalue weighted by molar-refractivity contribution is 0.0701. The van der Waals surface area contributed by atoms with Gasteiger partial charge in [0.15, 0.2) is 0 Å². The zero-order valence-corrected chi connectivity index (χ0v) is 9.58. The van der Waals surface area contributed by atoms with Gasteiger partial charge in [0.25, 0.3) is 0 Å². The molecule has 0 aliphatic heterocycles. The molecule has 1 heterocycles. The predicted molar refractivity (Wildman–Crippen MR) is 61.4 cm³/mol. The van der Waals surface area contributed by atoms with Crippen LogP contribution in [-0.2, 0) is 6.54 Å². The molecule has 0 aliphatic rings. The van der Waals surface area contributed by atoms with Gasteiger partial charge in [-0.2, -0.15) is 11.8 Å². The topological polar surface area (TPSA) is 49.3 Å². The fourth-order valence-electron chi connectivity index (χ4n) is 1.06. The van der Waals surface area contributed by atoms with Crippen molar-refractivity contribution in [3.8, 4) is 0 Å². The minimum Gasteiger partial charge on any atom is -0.477 e. The smallest absolute Gasteiger partial charge is 0.346 e. The van der Waals surface area contributed by atoms with Gasteiger partial charge in [-0.3, -0.25) is 0 Å². The van der Waals surface area contributed by atoms with Gasteiger partial charge in [0.2, 0.25) is 0 Å². The summed E-state index contributed by atoms with van der Waals surface area (Å²) in [7, 11) is 0. The maximum absolute atomic E-state index is 10.8. The highest BCUT2D eigenvalue weighted by Gasteiger charge is 2.10. The van der Waals surface area contributed by atoms with Crippen molar-refractivity contribution in [3.05, 3.63) is 21.9 Å². The van der Waals surface area contributed by atoms with Crippen molar-refractivity contribution in [1.29, 1.82) is 0 Å². The highest BCUT2D eigenvalue weighted by Crippen LogP contribution is 2.16. The Morgan fingerprint density at radius 3 is 3.14 bits per heavy atom. The molecule has 0 spiro atoms. The van der Waals surface area contributed by atoms with Crippen LogP contribution in [0.15, 0.2) is 11.4 Å². The molecule has 1 aromatic rings. The first-order valence-electron chi connectivity index (χ1n) is 4.25. The van der Waals surface area contributed by atoms with E-state index in [1.54, 1.807) is 11.8 Å². The highest BCUT2D eigenvalue weighted by atomic mass is 32.2. The van der Waals surface area contributed by atoms with Crippen molar-refractivity contribution in [1.82, 2.24) is 5.32 Å². The molecule has 5 heteroatoms. The standard InChI is InChI=1S/C9H13NO2S2/c1-13-5-3-10-6-7-2-4-14-8(7)9(11)12/h2,4,10H,3,5-6H2,1H3,(H,11,12). The highest BCUT2D eigenvalue weighted by molar-refractivity contribution is 7.98. The summed E-state index contributed by atoms with van der Waals surface area (Å²) >= 11 is 3.05. The number of carboxylic acid groups (broad SMARTS) is 1. The molecule has 0 saturated heterocycles. The lowest BCUT2D eigenvalue weighted by atomic mass is 10.2. The number of carboxylic acids is 1. The molecular formula is C9H13NO2S2. The van der Waals surface area contributed by atoms with Gasteiger partial charge in [0.05, 0.1) is 0 Å². The fourth-order valence-corrected chi connectivity index (χ4v) is 2.17. The van der Waals surface area contributed by atoms with Crippen LogP contribution in [0.25, 0.3) is 0 Å². The molecule has 3 nitrogen and oxygen atoms in total. The summed E-state index contributed by atoms with van der Waals surface area (Å²) in [6, 6.07) is 1.86. The van der Waals surface area contributed by atoms with Crippen LogP contribution < -0.4 is 5.32 Å². The zero-order valence-electron chi connectivity index (χ0n) is 7.95. The third-order valence-electron chi connectivity index (χ3n) is 1.74. The largest absolute Gasteiger partial charge is 0.477 e. The van der Waals surface area contributed by atoms with Crippen molar-refractivity contribution in [2.45, 2.75) is 6.54 Å². The molecule has 0 atom stereocenters. The van der Waals surface area contributed by atoms with Crippen molar-refractivity contribution in [2.24, 2.45) is 0 Å². The van der Waals surface area contributed by atoms with E-state index in [1.165, 1.54) is 11.3 Å². The van der Waals surface area contributed by atoms with Crippen LogP contribution in [0.4, 0.5) is 0 Å². The number of thiophene rings is 1. The predicted octanol–water partition coefficient (Wildman–Crippen LogP) is 1.90. The summed E-state index contributed by atoms with van der Waals surface area (Å²) in [5.41, 5.74) is 0.878. The van der Waals surface area contributed by atoms with E-state index >= 15 is 0 Å². The summed E-state index contributed by atoms with van der Waals surface area (Å²) in [4.78, 5) is 11.2. The van der Waals surface area contributed by atoms with Crippen LogP contribution in [0.2, 0.25) is 0 Å². The van der Waals surface area contributed by atoms with Crippen LogP contribution in [-0.4, -0.2) is 29.6 Å². The van der Waals surface area contributed by atoms with Gasteiger partial charge in [-0.15, -0.1) is 11.3 Å². The normalized spacial score (nSPS) is 10.4. The van der Waals surface area contributed by atoms with Gasteiger partial charge in [0, 0.05) is 18.8 Å². The Bertz CT molecular complexity index is 299. The molecule has 14 heavy (non-hydrogen) atoms. The van der Waals surface area contributed by atoms with Gasteiger partial charge in [-0.25, -0.2) is 4.79 Å². The summed E-state index contributed by atoms with van der Waals surface area (Å²) < 4.78 is 0. The Labute approximate surface area is 91.5 Å². The molecule has 0 saturated carbocycles. The van der Waals surface area contributed by atoms with Crippen LogP contribution >= 0.6 is 23.1 Å². The van der Waals surface area contributed by atoms with E-state index in [1.807, 2.05) is 11.4 Å². The first-order chi connectivity index (χ1) is 6.75. The number of hydrogen-bond acceptors (Lipinski definition) is 4. The Kier molecular flexibility index (Phi) is 5.00. The maximum atomic E-state index is 10.8. The molecule has 0 radical (unpaired) electrons. The Morgan fingerprint density at radius 2 is 2.50 bits per heavy atom. The van der Waals surface area contributed by atoms with Crippen molar-refractivity contribution in [3.63, 3.8) is 0 Å². The molecule has 0 aliphatic carbocycles. The zero-order chi connectivity index (χ0) is 10.4. The average molecular weight is 231 g/mol. The molecule has 0 amide bonds. The van der Waals surface area contributed by atoms with E-state index in [-0.39, 0.29) is 0 Å². The Morgan fingerprint density at radius 1 is 1.71 bits per heavy atom. The van der Waals surface area contributed by atoms with Crippen molar-refractivity contribution in [2.75, 3.05) is 18.6 Å². The van der Waals surface area contributed by atoms with Crippen molar-refractivity contribution >= 4 is 29.1 Å². The van der Waals surface area contributed by atoms with Crippen molar-refractivity contribution < 1.29 is 9.90 Å². The first-order valence-corrected chi connectivity index (χ1v) is 6.52. The van der Waals surface area contributed by atoms with E-state index in [4.69, 9.17) is 5.11 Å². The summed E-state index contributed by atoms with van der Waals surface area (Å²) in [5, 5.41) is 13.9. The van der Waals surface area contributed by atoms with Gasteiger partial charge in [-0.05, 0) is 23.3 Å². The average Bonchev–Trinajstić information content (AvgIpc) is 2.60. The van der Waals surface area contributed by atoms with E-state index in [0.29, 0.717) is 11.4 Å². The lowest BCUT2D eigenvalue weighted by Gasteiger charge is -2.02. The number of rotatable bonds is 6. The number of thioether (sulfide) groups is 1. The molecule has 1 aromatic heterocycles. The second kappa shape index (κ2) is 6.06. The van der Waals surface area contributed by atoms with Gasteiger partial charge < -0.3 is 10.4 Å².